The Balaban J connectivity index is 1.44. The molecule has 3 aliphatic heterocycles. The summed E-state index contributed by atoms with van der Waals surface area (Å²) in [6.45, 7) is 6.53. The summed E-state index contributed by atoms with van der Waals surface area (Å²) in [7, 11) is 0. The molecule has 5 nitrogen and oxygen atoms in total. The Morgan fingerprint density at radius 2 is 1.90 bits per heavy atom. The Labute approximate surface area is 127 Å². The number of nitrogens with zero attached hydrogens (tertiary/aromatic N) is 1. The van der Waals surface area contributed by atoms with Gasteiger partial charge in [0.05, 0.1) is 12.5 Å². The Morgan fingerprint density at radius 3 is 2.67 bits per heavy atom. The first-order chi connectivity index (χ1) is 10.3. The molecule has 0 aliphatic carbocycles. The number of ether oxygens (including phenoxy) is 2. The maximum absolute atomic E-state index is 12.4. The molecular formula is C16H28N2O3. The first kappa shape index (κ1) is 15.3. The SMILES string of the molecule is O=C(NC1CCOCC1)C1CCCN(CC2CCOC2)C1. The molecule has 3 saturated heterocycles. The molecule has 3 rings (SSSR count). The fraction of sp³-hybridized carbons (Fsp3) is 0.938. The van der Waals surface area contributed by atoms with Gasteiger partial charge in [-0.3, -0.25) is 4.79 Å². The molecule has 21 heavy (non-hydrogen) atoms. The molecule has 2 unspecified atom stereocenters. The van der Waals surface area contributed by atoms with E-state index < -0.39 is 0 Å². The summed E-state index contributed by atoms with van der Waals surface area (Å²) < 4.78 is 10.8. The second-order valence-electron chi connectivity index (χ2n) is 6.72. The maximum atomic E-state index is 12.4. The molecule has 0 aromatic rings. The van der Waals surface area contributed by atoms with Gasteiger partial charge < -0.3 is 19.7 Å². The highest BCUT2D eigenvalue weighted by Crippen LogP contribution is 2.21. The summed E-state index contributed by atoms with van der Waals surface area (Å²) in [4.78, 5) is 14.9. The molecular weight excluding hydrogens is 268 g/mol. The van der Waals surface area contributed by atoms with Crippen molar-refractivity contribution < 1.29 is 14.3 Å². The second kappa shape index (κ2) is 7.56. The molecule has 0 radical (unpaired) electrons. The summed E-state index contributed by atoms with van der Waals surface area (Å²) in [5, 5.41) is 3.23. The van der Waals surface area contributed by atoms with Crippen molar-refractivity contribution in [2.75, 3.05) is 46.1 Å². The first-order valence-corrected chi connectivity index (χ1v) is 8.49. The minimum atomic E-state index is 0.170. The molecule has 120 valence electrons. The minimum absolute atomic E-state index is 0.170. The smallest absolute Gasteiger partial charge is 0.224 e. The molecule has 1 amide bonds. The van der Waals surface area contributed by atoms with Gasteiger partial charge in [-0.05, 0) is 44.6 Å². The predicted octanol–water partition coefficient (Wildman–Crippen LogP) is 1.03. The monoisotopic (exact) mass is 296 g/mol. The second-order valence-corrected chi connectivity index (χ2v) is 6.72. The highest BCUT2D eigenvalue weighted by atomic mass is 16.5. The molecule has 0 aromatic carbocycles. The first-order valence-electron chi connectivity index (χ1n) is 8.49. The van der Waals surface area contributed by atoms with E-state index in [4.69, 9.17) is 9.47 Å². The Bertz CT molecular complexity index is 338. The number of likely N-dealkylation sites (tertiary alicyclic amines) is 1. The number of carbonyl (C=O) groups excluding carboxylic acids is 1. The number of hydrogen-bond donors (Lipinski definition) is 1. The predicted molar refractivity (Wildman–Crippen MR) is 80.1 cm³/mol. The van der Waals surface area contributed by atoms with E-state index >= 15 is 0 Å². The van der Waals surface area contributed by atoms with Crippen LogP contribution in [0, 0.1) is 11.8 Å². The van der Waals surface area contributed by atoms with E-state index in [2.05, 4.69) is 10.2 Å². The molecule has 3 fully saturated rings. The molecule has 1 N–H and O–H groups in total. The van der Waals surface area contributed by atoms with Crippen LogP contribution in [0.1, 0.15) is 32.1 Å². The highest BCUT2D eigenvalue weighted by molar-refractivity contribution is 5.79. The number of piperidine rings is 1. The molecule has 2 atom stereocenters. The lowest BCUT2D eigenvalue weighted by atomic mass is 9.95. The van der Waals surface area contributed by atoms with Crippen LogP contribution in [0.3, 0.4) is 0 Å². The molecule has 3 heterocycles. The van der Waals surface area contributed by atoms with E-state index in [0.717, 1.165) is 71.7 Å². The zero-order valence-corrected chi connectivity index (χ0v) is 12.9. The number of amides is 1. The van der Waals surface area contributed by atoms with E-state index in [1.165, 1.54) is 6.42 Å². The zero-order valence-electron chi connectivity index (χ0n) is 12.9. The fourth-order valence-corrected chi connectivity index (χ4v) is 3.69. The quantitative estimate of drug-likeness (QED) is 0.842. The number of rotatable bonds is 4. The van der Waals surface area contributed by atoms with Gasteiger partial charge in [0.2, 0.25) is 5.91 Å². The summed E-state index contributed by atoms with van der Waals surface area (Å²) in [6.07, 6.45) is 5.27. The van der Waals surface area contributed by atoms with Crippen LogP contribution < -0.4 is 5.32 Å². The van der Waals surface area contributed by atoms with Gasteiger partial charge >= 0.3 is 0 Å². The van der Waals surface area contributed by atoms with Crippen molar-refractivity contribution in [2.45, 2.75) is 38.1 Å². The van der Waals surface area contributed by atoms with Crippen LogP contribution in [0.5, 0.6) is 0 Å². The number of nitrogens with one attached hydrogen (secondary N) is 1. The maximum Gasteiger partial charge on any atom is 0.224 e. The van der Waals surface area contributed by atoms with Crippen molar-refractivity contribution in [1.82, 2.24) is 10.2 Å². The lowest BCUT2D eigenvalue weighted by Crippen LogP contribution is -2.48. The van der Waals surface area contributed by atoms with Crippen molar-refractivity contribution >= 4 is 5.91 Å². The largest absolute Gasteiger partial charge is 0.381 e. The van der Waals surface area contributed by atoms with Gasteiger partial charge in [-0.25, -0.2) is 0 Å². The van der Waals surface area contributed by atoms with Crippen LogP contribution in [0.4, 0.5) is 0 Å². The fourth-order valence-electron chi connectivity index (χ4n) is 3.69. The third kappa shape index (κ3) is 4.41. The van der Waals surface area contributed by atoms with E-state index in [1.807, 2.05) is 0 Å². The van der Waals surface area contributed by atoms with E-state index in [1.54, 1.807) is 0 Å². The Morgan fingerprint density at radius 1 is 1.10 bits per heavy atom. The van der Waals surface area contributed by atoms with E-state index in [-0.39, 0.29) is 11.8 Å². The van der Waals surface area contributed by atoms with Gasteiger partial charge in [-0.15, -0.1) is 0 Å². The van der Waals surface area contributed by atoms with Gasteiger partial charge in [0.1, 0.15) is 0 Å². The van der Waals surface area contributed by atoms with Crippen molar-refractivity contribution in [3.05, 3.63) is 0 Å². The van der Waals surface area contributed by atoms with Crippen LogP contribution >= 0.6 is 0 Å². The number of carbonyl (C=O) groups is 1. The van der Waals surface area contributed by atoms with Crippen LogP contribution in [-0.2, 0) is 14.3 Å². The summed E-state index contributed by atoms with van der Waals surface area (Å²) in [5.41, 5.74) is 0. The molecule has 0 aromatic heterocycles. The average Bonchev–Trinajstić information content (AvgIpc) is 3.01. The van der Waals surface area contributed by atoms with Crippen molar-refractivity contribution in [1.29, 1.82) is 0 Å². The van der Waals surface area contributed by atoms with Crippen LogP contribution in [0.25, 0.3) is 0 Å². The third-order valence-corrected chi connectivity index (χ3v) is 4.98. The summed E-state index contributed by atoms with van der Waals surface area (Å²) in [6, 6.07) is 0.324. The Hall–Kier alpha value is -0.650. The molecule has 0 spiro atoms. The van der Waals surface area contributed by atoms with E-state index in [9.17, 15) is 4.79 Å². The summed E-state index contributed by atoms with van der Waals surface area (Å²) >= 11 is 0. The molecule has 5 heteroatoms. The summed E-state index contributed by atoms with van der Waals surface area (Å²) in [5.74, 6) is 1.10. The third-order valence-electron chi connectivity index (χ3n) is 4.98. The lowest BCUT2D eigenvalue weighted by molar-refractivity contribution is -0.128. The zero-order chi connectivity index (χ0) is 14.5. The number of hydrogen-bond acceptors (Lipinski definition) is 4. The van der Waals surface area contributed by atoms with Crippen molar-refractivity contribution in [3.8, 4) is 0 Å². The van der Waals surface area contributed by atoms with E-state index in [0.29, 0.717) is 12.0 Å². The minimum Gasteiger partial charge on any atom is -0.381 e. The van der Waals surface area contributed by atoms with Gasteiger partial charge in [-0.2, -0.15) is 0 Å². The Kier molecular flexibility index (Phi) is 5.49. The lowest BCUT2D eigenvalue weighted by Gasteiger charge is -2.34. The van der Waals surface area contributed by atoms with Crippen molar-refractivity contribution in [2.24, 2.45) is 11.8 Å². The standard InChI is InChI=1S/C16H28N2O3/c19-16(17-15-4-8-20-9-5-15)14-2-1-6-18(11-14)10-13-3-7-21-12-13/h13-15H,1-12H2,(H,17,19). The van der Waals surface area contributed by atoms with Gasteiger partial charge in [-0.1, -0.05) is 0 Å². The van der Waals surface area contributed by atoms with Gasteiger partial charge in [0.25, 0.3) is 0 Å². The normalized spacial score (nSPS) is 32.2. The van der Waals surface area contributed by atoms with Gasteiger partial charge in [0, 0.05) is 39.0 Å². The van der Waals surface area contributed by atoms with Crippen molar-refractivity contribution in [3.63, 3.8) is 0 Å². The van der Waals surface area contributed by atoms with Crippen LogP contribution in [-0.4, -0.2) is 62.9 Å². The van der Waals surface area contributed by atoms with Crippen LogP contribution in [0.15, 0.2) is 0 Å². The molecule has 0 saturated carbocycles. The van der Waals surface area contributed by atoms with Crippen LogP contribution in [0.2, 0.25) is 0 Å². The molecule has 0 bridgehead atoms. The van der Waals surface area contributed by atoms with Gasteiger partial charge in [0.15, 0.2) is 0 Å². The topological polar surface area (TPSA) is 50.8 Å². The average molecular weight is 296 g/mol. The molecule has 3 aliphatic rings. The highest BCUT2D eigenvalue weighted by Gasteiger charge is 2.29.